The fraction of sp³-hybridized carbons (Fsp3) is 0.500. The van der Waals surface area contributed by atoms with E-state index < -0.39 is 0 Å². The Bertz CT molecular complexity index is 482. The van der Waals surface area contributed by atoms with E-state index in [2.05, 4.69) is 10.6 Å². The number of benzene rings is 1. The number of hydrogen-bond acceptors (Lipinski definition) is 3. The Morgan fingerprint density at radius 3 is 2.38 bits per heavy atom. The molecule has 4 N–H and O–H groups in total. The molecule has 0 heterocycles. The zero-order chi connectivity index (χ0) is 15.1. The molecule has 0 aliphatic heterocycles. The highest BCUT2D eigenvalue weighted by Gasteiger charge is 2.27. The number of carbonyl (C=O) groups is 2. The van der Waals surface area contributed by atoms with Gasteiger partial charge in [-0.1, -0.05) is 37.5 Å². The average molecular weight is 289 g/mol. The van der Waals surface area contributed by atoms with Crippen LogP contribution in [-0.2, 0) is 4.79 Å². The van der Waals surface area contributed by atoms with Gasteiger partial charge in [0.05, 0.1) is 6.54 Å². The first kappa shape index (κ1) is 15.5. The lowest BCUT2D eigenvalue weighted by molar-refractivity contribution is -0.120. The summed E-state index contributed by atoms with van der Waals surface area (Å²) in [5.74, 6) is -0.444. The highest BCUT2D eigenvalue weighted by molar-refractivity contribution is 5.96. The maximum atomic E-state index is 11.8. The second-order valence-corrected chi connectivity index (χ2v) is 5.75. The van der Waals surface area contributed by atoms with Crippen LogP contribution < -0.4 is 16.4 Å². The van der Waals surface area contributed by atoms with Crippen LogP contribution in [0.3, 0.4) is 0 Å². The minimum atomic E-state index is -0.280. The SMILES string of the molecule is NC1(CNC(=O)CNC(=O)c2ccccc2)CCCCC1. The predicted molar refractivity (Wildman–Crippen MR) is 81.8 cm³/mol. The van der Waals surface area contributed by atoms with Gasteiger partial charge in [-0.3, -0.25) is 9.59 Å². The Hall–Kier alpha value is -1.88. The molecule has 1 saturated carbocycles. The molecule has 0 aromatic heterocycles. The lowest BCUT2D eigenvalue weighted by Crippen LogP contribution is -2.52. The third kappa shape index (κ3) is 4.86. The van der Waals surface area contributed by atoms with Crippen LogP contribution in [0, 0.1) is 0 Å². The number of rotatable bonds is 5. The second kappa shape index (κ2) is 7.22. The first-order valence-electron chi connectivity index (χ1n) is 7.48. The molecule has 0 unspecified atom stereocenters. The smallest absolute Gasteiger partial charge is 0.251 e. The van der Waals surface area contributed by atoms with Gasteiger partial charge in [0.1, 0.15) is 0 Å². The van der Waals surface area contributed by atoms with Crippen LogP contribution in [0.25, 0.3) is 0 Å². The van der Waals surface area contributed by atoms with Crippen molar-refractivity contribution in [3.05, 3.63) is 35.9 Å². The highest BCUT2D eigenvalue weighted by Crippen LogP contribution is 2.24. The standard InChI is InChI=1S/C16H23N3O2/c17-16(9-5-2-6-10-16)12-19-14(20)11-18-15(21)13-7-3-1-4-8-13/h1,3-4,7-8H,2,5-6,9-12,17H2,(H,18,21)(H,19,20). The number of nitrogens with two attached hydrogens (primary N) is 1. The molecule has 1 fully saturated rings. The van der Waals surface area contributed by atoms with E-state index in [0.717, 1.165) is 25.7 Å². The van der Waals surface area contributed by atoms with Gasteiger partial charge in [-0.25, -0.2) is 0 Å². The molecule has 114 valence electrons. The van der Waals surface area contributed by atoms with Gasteiger partial charge < -0.3 is 16.4 Å². The molecule has 5 nitrogen and oxygen atoms in total. The van der Waals surface area contributed by atoms with E-state index in [9.17, 15) is 9.59 Å². The maximum Gasteiger partial charge on any atom is 0.251 e. The van der Waals surface area contributed by atoms with Crippen molar-refractivity contribution in [2.45, 2.75) is 37.6 Å². The van der Waals surface area contributed by atoms with Crippen LogP contribution in [0.1, 0.15) is 42.5 Å². The van der Waals surface area contributed by atoms with Crippen molar-refractivity contribution >= 4 is 11.8 Å². The van der Waals surface area contributed by atoms with Gasteiger partial charge in [-0.15, -0.1) is 0 Å². The average Bonchev–Trinajstić information content (AvgIpc) is 2.52. The van der Waals surface area contributed by atoms with Gasteiger partial charge in [0.25, 0.3) is 5.91 Å². The van der Waals surface area contributed by atoms with Gasteiger partial charge >= 0.3 is 0 Å². The van der Waals surface area contributed by atoms with Crippen LogP contribution >= 0.6 is 0 Å². The van der Waals surface area contributed by atoms with Crippen LogP contribution in [-0.4, -0.2) is 30.4 Å². The molecule has 1 aliphatic rings. The summed E-state index contributed by atoms with van der Waals surface area (Å²) < 4.78 is 0. The molecule has 1 aromatic rings. The first-order valence-corrected chi connectivity index (χ1v) is 7.48. The number of nitrogens with one attached hydrogen (secondary N) is 2. The van der Waals surface area contributed by atoms with Gasteiger partial charge in [0, 0.05) is 17.6 Å². The van der Waals surface area contributed by atoms with E-state index in [1.165, 1.54) is 6.42 Å². The van der Waals surface area contributed by atoms with Crippen molar-refractivity contribution in [3.8, 4) is 0 Å². The summed E-state index contributed by atoms with van der Waals surface area (Å²) >= 11 is 0. The lowest BCUT2D eigenvalue weighted by Gasteiger charge is -2.33. The summed E-state index contributed by atoms with van der Waals surface area (Å²) in [6, 6.07) is 8.84. The third-order valence-electron chi connectivity index (χ3n) is 3.93. The van der Waals surface area contributed by atoms with E-state index in [1.807, 2.05) is 6.07 Å². The minimum absolute atomic E-state index is 0.0240. The molecule has 2 rings (SSSR count). The van der Waals surface area contributed by atoms with Crippen LogP contribution in [0.15, 0.2) is 30.3 Å². The van der Waals surface area contributed by atoms with Gasteiger partial charge in [0.2, 0.25) is 5.91 Å². The Morgan fingerprint density at radius 1 is 1.05 bits per heavy atom. The zero-order valence-electron chi connectivity index (χ0n) is 12.2. The molecule has 2 amide bonds. The number of amides is 2. The number of hydrogen-bond donors (Lipinski definition) is 3. The lowest BCUT2D eigenvalue weighted by atomic mass is 9.82. The minimum Gasteiger partial charge on any atom is -0.353 e. The zero-order valence-corrected chi connectivity index (χ0v) is 12.2. The molecule has 0 bridgehead atoms. The largest absolute Gasteiger partial charge is 0.353 e. The summed E-state index contributed by atoms with van der Waals surface area (Å²) in [6.07, 6.45) is 5.36. The fourth-order valence-electron chi connectivity index (χ4n) is 2.62. The Labute approximate surface area is 125 Å². The summed E-state index contributed by atoms with van der Waals surface area (Å²) in [6.45, 7) is 0.455. The van der Waals surface area contributed by atoms with Crippen molar-refractivity contribution in [2.24, 2.45) is 5.73 Å². The molecule has 21 heavy (non-hydrogen) atoms. The van der Waals surface area contributed by atoms with E-state index in [1.54, 1.807) is 24.3 Å². The van der Waals surface area contributed by atoms with Gasteiger partial charge in [-0.2, -0.15) is 0 Å². The molecule has 0 atom stereocenters. The topological polar surface area (TPSA) is 84.2 Å². The first-order chi connectivity index (χ1) is 10.1. The van der Waals surface area contributed by atoms with Gasteiger partial charge in [-0.05, 0) is 25.0 Å². The number of carbonyl (C=O) groups excluding carboxylic acids is 2. The van der Waals surface area contributed by atoms with E-state index in [4.69, 9.17) is 5.73 Å². The quantitative estimate of drug-likeness (QED) is 0.761. The summed E-state index contributed by atoms with van der Waals surface area (Å²) in [5, 5.41) is 5.43. The van der Waals surface area contributed by atoms with E-state index in [0.29, 0.717) is 12.1 Å². The second-order valence-electron chi connectivity index (χ2n) is 5.75. The Kier molecular flexibility index (Phi) is 5.33. The molecule has 1 aliphatic carbocycles. The van der Waals surface area contributed by atoms with Crippen molar-refractivity contribution in [1.29, 1.82) is 0 Å². The van der Waals surface area contributed by atoms with Crippen molar-refractivity contribution < 1.29 is 9.59 Å². The van der Waals surface area contributed by atoms with Crippen LogP contribution in [0.2, 0.25) is 0 Å². The molecule has 0 saturated heterocycles. The van der Waals surface area contributed by atoms with Crippen molar-refractivity contribution in [3.63, 3.8) is 0 Å². The predicted octanol–water partition coefficient (Wildman–Crippen LogP) is 1.19. The monoisotopic (exact) mass is 289 g/mol. The normalized spacial score (nSPS) is 17.0. The molecule has 0 radical (unpaired) electrons. The Morgan fingerprint density at radius 2 is 1.71 bits per heavy atom. The maximum absolute atomic E-state index is 11.8. The summed E-state index contributed by atoms with van der Waals surface area (Å²) in [4.78, 5) is 23.6. The van der Waals surface area contributed by atoms with E-state index in [-0.39, 0.29) is 23.9 Å². The van der Waals surface area contributed by atoms with Crippen molar-refractivity contribution in [1.82, 2.24) is 10.6 Å². The van der Waals surface area contributed by atoms with Crippen LogP contribution in [0.4, 0.5) is 0 Å². The summed E-state index contributed by atoms with van der Waals surface area (Å²) in [7, 11) is 0. The Balaban J connectivity index is 1.71. The fourth-order valence-corrected chi connectivity index (χ4v) is 2.62. The molecule has 0 spiro atoms. The van der Waals surface area contributed by atoms with Crippen LogP contribution in [0.5, 0.6) is 0 Å². The molecular weight excluding hydrogens is 266 g/mol. The third-order valence-corrected chi connectivity index (χ3v) is 3.93. The molecular formula is C16H23N3O2. The summed E-state index contributed by atoms with van der Waals surface area (Å²) in [5.41, 5.74) is 6.52. The highest BCUT2D eigenvalue weighted by atomic mass is 16.2. The van der Waals surface area contributed by atoms with E-state index >= 15 is 0 Å². The molecule has 1 aromatic carbocycles. The molecule has 5 heteroatoms. The van der Waals surface area contributed by atoms with Crippen molar-refractivity contribution in [2.75, 3.05) is 13.1 Å². The van der Waals surface area contributed by atoms with Gasteiger partial charge in [0.15, 0.2) is 0 Å².